The molecule has 0 radical (unpaired) electrons. The van der Waals surface area contributed by atoms with Crippen LogP contribution < -0.4 is 20.7 Å². The van der Waals surface area contributed by atoms with Gasteiger partial charge < -0.3 is 25.8 Å². The number of hydrogen-bond acceptors (Lipinski definition) is 6. The number of rotatable bonds is 7. The van der Waals surface area contributed by atoms with E-state index in [4.69, 9.17) is 10.5 Å². The number of benzene rings is 2. The van der Waals surface area contributed by atoms with Crippen LogP contribution in [-0.4, -0.2) is 37.4 Å². The largest absolute Gasteiger partial charge is 0.494 e. The first-order chi connectivity index (χ1) is 14.5. The Bertz CT molecular complexity index is 872. The average Bonchev–Trinajstić information content (AvgIpc) is 3.03. The van der Waals surface area contributed by atoms with Crippen LogP contribution in [0.3, 0.4) is 0 Å². The molecule has 1 atom stereocenters. The molecule has 2 aromatic carbocycles. The molecule has 1 fully saturated rings. The minimum absolute atomic E-state index is 0.254. The standard InChI is InChI=1S/C23H30FN3O2S/c1-27-22-19(30-23(27)28)14-16(20(21(22)25)15-9-11-26-12-10-15)4-2-3-13-29-18-7-5-17(24)6-8-18/h5-8,14-15,23,26,28H,2-4,9-13,25H2,1H3. The molecule has 4 N–H and O–H groups in total. The number of hydrogen-bond donors (Lipinski definition) is 3. The van der Waals surface area contributed by atoms with Gasteiger partial charge in [-0.1, -0.05) is 11.8 Å². The lowest BCUT2D eigenvalue weighted by atomic mass is 9.84. The van der Waals surface area contributed by atoms with E-state index in [2.05, 4.69) is 11.4 Å². The Kier molecular flexibility index (Phi) is 6.71. The Morgan fingerprint density at radius 2 is 1.97 bits per heavy atom. The number of nitrogens with two attached hydrogens (primary N) is 1. The molecule has 5 nitrogen and oxygen atoms in total. The van der Waals surface area contributed by atoms with Crippen LogP contribution in [0.15, 0.2) is 35.2 Å². The van der Waals surface area contributed by atoms with Gasteiger partial charge in [-0.3, -0.25) is 0 Å². The Balaban J connectivity index is 1.45. The van der Waals surface area contributed by atoms with Crippen molar-refractivity contribution in [3.05, 3.63) is 47.3 Å². The Labute approximate surface area is 181 Å². The van der Waals surface area contributed by atoms with Crippen molar-refractivity contribution in [1.82, 2.24) is 5.32 Å². The fraction of sp³-hybridized carbons (Fsp3) is 0.478. The van der Waals surface area contributed by atoms with Crippen LogP contribution in [0.2, 0.25) is 0 Å². The predicted octanol–water partition coefficient (Wildman–Crippen LogP) is 4.09. The highest BCUT2D eigenvalue weighted by molar-refractivity contribution is 8.00. The first-order valence-electron chi connectivity index (χ1n) is 10.7. The van der Waals surface area contributed by atoms with Gasteiger partial charge in [-0.15, -0.1) is 0 Å². The van der Waals surface area contributed by atoms with Crippen LogP contribution in [0.4, 0.5) is 15.8 Å². The quantitative estimate of drug-likeness (QED) is 0.453. The summed E-state index contributed by atoms with van der Waals surface area (Å²) in [5.74, 6) is 0.899. The second kappa shape index (κ2) is 9.45. The number of anilines is 2. The number of halogens is 1. The van der Waals surface area contributed by atoms with E-state index in [1.807, 2.05) is 11.9 Å². The highest BCUT2D eigenvalue weighted by Gasteiger charge is 2.32. The molecule has 4 rings (SSSR count). The summed E-state index contributed by atoms with van der Waals surface area (Å²) in [7, 11) is 1.90. The van der Waals surface area contributed by atoms with Crippen molar-refractivity contribution < 1.29 is 14.2 Å². The molecule has 2 aromatic rings. The van der Waals surface area contributed by atoms with Gasteiger partial charge in [0.15, 0.2) is 5.56 Å². The summed E-state index contributed by atoms with van der Waals surface area (Å²) in [6.45, 7) is 2.63. The van der Waals surface area contributed by atoms with Crippen molar-refractivity contribution >= 4 is 23.1 Å². The smallest absolute Gasteiger partial charge is 0.180 e. The molecule has 0 bridgehead atoms. The average molecular weight is 432 g/mol. The summed E-state index contributed by atoms with van der Waals surface area (Å²) in [6, 6.07) is 8.38. The second-order valence-electron chi connectivity index (χ2n) is 8.05. The SMILES string of the molecule is CN1c2c(cc(CCCCOc3ccc(F)cc3)c(C3CCNCC3)c2N)SC1O. The lowest BCUT2D eigenvalue weighted by Crippen LogP contribution is -2.28. The number of aryl methyl sites for hydroxylation is 1. The van der Waals surface area contributed by atoms with Crippen molar-refractivity contribution in [3.63, 3.8) is 0 Å². The Hall–Kier alpha value is -1.96. The van der Waals surface area contributed by atoms with Crippen molar-refractivity contribution in [1.29, 1.82) is 0 Å². The molecule has 0 spiro atoms. The summed E-state index contributed by atoms with van der Waals surface area (Å²) in [6.07, 6.45) is 5.01. The van der Waals surface area contributed by atoms with Crippen LogP contribution in [0.5, 0.6) is 5.75 Å². The maximum Gasteiger partial charge on any atom is 0.180 e. The number of aliphatic hydroxyl groups is 1. The molecule has 162 valence electrons. The topological polar surface area (TPSA) is 70.8 Å². The normalized spacial score (nSPS) is 19.2. The Morgan fingerprint density at radius 1 is 1.23 bits per heavy atom. The summed E-state index contributed by atoms with van der Waals surface area (Å²) in [5, 5.41) is 13.7. The molecule has 0 aliphatic carbocycles. The minimum Gasteiger partial charge on any atom is -0.494 e. The second-order valence-corrected chi connectivity index (χ2v) is 9.15. The highest BCUT2D eigenvalue weighted by atomic mass is 32.2. The molecule has 0 saturated carbocycles. The van der Waals surface area contributed by atoms with Crippen LogP contribution in [0.1, 0.15) is 42.7 Å². The number of nitrogens with zero attached hydrogens (tertiary/aromatic N) is 1. The maximum atomic E-state index is 13.0. The zero-order valence-corrected chi connectivity index (χ0v) is 18.2. The lowest BCUT2D eigenvalue weighted by Gasteiger charge is -2.29. The molecule has 0 aromatic heterocycles. The van der Waals surface area contributed by atoms with Gasteiger partial charge in [0.25, 0.3) is 0 Å². The van der Waals surface area contributed by atoms with E-state index in [-0.39, 0.29) is 5.82 Å². The van der Waals surface area contributed by atoms with Gasteiger partial charge in [0, 0.05) is 11.9 Å². The fourth-order valence-electron chi connectivity index (χ4n) is 4.43. The Morgan fingerprint density at radius 3 is 2.70 bits per heavy atom. The van der Waals surface area contributed by atoms with E-state index in [1.165, 1.54) is 35.0 Å². The molecule has 7 heteroatoms. The first kappa shape index (κ1) is 21.3. The molecule has 2 aliphatic heterocycles. The molecular weight excluding hydrogens is 401 g/mol. The zero-order chi connectivity index (χ0) is 21.1. The van der Waals surface area contributed by atoms with Crippen molar-refractivity contribution in [2.75, 3.05) is 37.4 Å². The van der Waals surface area contributed by atoms with Crippen LogP contribution >= 0.6 is 11.8 Å². The molecule has 0 amide bonds. The number of aliphatic hydroxyl groups excluding tert-OH is 1. The van der Waals surface area contributed by atoms with E-state index >= 15 is 0 Å². The third-order valence-corrected chi connectivity index (χ3v) is 7.11. The van der Waals surface area contributed by atoms with Crippen molar-refractivity contribution in [2.24, 2.45) is 0 Å². The summed E-state index contributed by atoms with van der Waals surface area (Å²) in [5.41, 5.74) is 10.5. The monoisotopic (exact) mass is 431 g/mol. The molecule has 1 saturated heterocycles. The number of thioether (sulfide) groups is 1. The summed E-state index contributed by atoms with van der Waals surface area (Å²) in [4.78, 5) is 2.94. The van der Waals surface area contributed by atoms with Gasteiger partial charge in [-0.05, 0) is 92.6 Å². The molecule has 30 heavy (non-hydrogen) atoms. The van der Waals surface area contributed by atoms with Crippen LogP contribution in [-0.2, 0) is 6.42 Å². The zero-order valence-electron chi connectivity index (χ0n) is 17.4. The minimum atomic E-state index is -0.581. The predicted molar refractivity (Wildman–Crippen MR) is 121 cm³/mol. The number of nitrogen functional groups attached to an aromatic ring is 1. The van der Waals surface area contributed by atoms with Gasteiger partial charge in [-0.25, -0.2) is 4.39 Å². The van der Waals surface area contributed by atoms with Gasteiger partial charge in [0.1, 0.15) is 11.6 Å². The first-order valence-corrected chi connectivity index (χ1v) is 11.5. The van der Waals surface area contributed by atoms with E-state index in [9.17, 15) is 9.50 Å². The molecule has 1 unspecified atom stereocenters. The van der Waals surface area contributed by atoms with E-state index < -0.39 is 5.56 Å². The van der Waals surface area contributed by atoms with Gasteiger partial charge in [0.2, 0.25) is 0 Å². The van der Waals surface area contributed by atoms with Gasteiger partial charge in [0.05, 0.1) is 18.0 Å². The maximum absolute atomic E-state index is 13.0. The van der Waals surface area contributed by atoms with Crippen molar-refractivity contribution in [2.45, 2.75) is 48.5 Å². The van der Waals surface area contributed by atoms with Crippen molar-refractivity contribution in [3.8, 4) is 5.75 Å². The molecular formula is C23H30FN3O2S. The third kappa shape index (κ3) is 4.53. The highest BCUT2D eigenvalue weighted by Crippen LogP contribution is 2.49. The van der Waals surface area contributed by atoms with Gasteiger partial charge >= 0.3 is 0 Å². The number of nitrogens with one attached hydrogen (secondary N) is 1. The summed E-state index contributed by atoms with van der Waals surface area (Å²) < 4.78 is 18.7. The number of unbranched alkanes of at least 4 members (excludes halogenated alkanes) is 1. The molecule has 2 aliphatic rings. The van der Waals surface area contributed by atoms with E-state index in [0.717, 1.165) is 61.5 Å². The number of piperidine rings is 1. The lowest BCUT2D eigenvalue weighted by molar-refractivity contribution is 0.267. The fourth-order valence-corrected chi connectivity index (χ4v) is 5.50. The van der Waals surface area contributed by atoms with E-state index in [0.29, 0.717) is 18.3 Å². The van der Waals surface area contributed by atoms with Crippen LogP contribution in [0.25, 0.3) is 0 Å². The van der Waals surface area contributed by atoms with Crippen LogP contribution in [0, 0.1) is 5.82 Å². The number of fused-ring (bicyclic) bond motifs is 1. The van der Waals surface area contributed by atoms with Gasteiger partial charge in [-0.2, -0.15) is 0 Å². The summed E-state index contributed by atoms with van der Waals surface area (Å²) >= 11 is 1.46. The third-order valence-electron chi connectivity index (χ3n) is 6.02. The number of ether oxygens (including phenoxy) is 1. The molecule has 2 heterocycles. The van der Waals surface area contributed by atoms with E-state index in [1.54, 1.807) is 12.1 Å².